The second-order valence-corrected chi connectivity index (χ2v) is 6.33. The van der Waals surface area contributed by atoms with Crippen LogP contribution in [0.3, 0.4) is 0 Å². The quantitative estimate of drug-likeness (QED) is 0.826. The van der Waals surface area contributed by atoms with Gasteiger partial charge in [-0.3, -0.25) is 9.69 Å². The number of anilines is 1. The molecule has 3 heterocycles. The molecule has 0 saturated carbocycles. The molecule has 4 rings (SSSR count). The second-order valence-electron chi connectivity index (χ2n) is 6.33. The Kier molecular flexibility index (Phi) is 3.97. The third-order valence-electron chi connectivity index (χ3n) is 4.91. The summed E-state index contributed by atoms with van der Waals surface area (Å²) in [7, 11) is 1.65. The van der Waals surface area contributed by atoms with Gasteiger partial charge in [0.2, 0.25) is 5.91 Å². The van der Waals surface area contributed by atoms with Crippen LogP contribution in [-0.4, -0.2) is 69.0 Å². The molecule has 124 valence electrons. The van der Waals surface area contributed by atoms with E-state index in [9.17, 15) is 4.79 Å². The average molecular weight is 318 g/mol. The third kappa shape index (κ3) is 2.60. The Balaban J connectivity index is 1.68. The topological polar surface area (TPSA) is 51.2 Å². The van der Waals surface area contributed by atoms with Crippen LogP contribution in [-0.2, 0) is 14.3 Å². The summed E-state index contributed by atoms with van der Waals surface area (Å²) in [5.74, 6) is 0.930. The van der Waals surface area contributed by atoms with E-state index in [1.807, 2.05) is 29.2 Å². The van der Waals surface area contributed by atoms with E-state index in [4.69, 9.17) is 14.2 Å². The molecule has 0 unspecified atom stereocenters. The molecule has 3 aliphatic heterocycles. The molecule has 6 nitrogen and oxygen atoms in total. The summed E-state index contributed by atoms with van der Waals surface area (Å²) < 4.78 is 16.7. The summed E-state index contributed by atoms with van der Waals surface area (Å²) in [6, 6.07) is 7.99. The summed E-state index contributed by atoms with van der Waals surface area (Å²) in [6.07, 6.45) is 0.808. The van der Waals surface area contributed by atoms with E-state index in [1.54, 1.807) is 7.11 Å². The first kappa shape index (κ1) is 14.9. The zero-order chi connectivity index (χ0) is 15.8. The van der Waals surface area contributed by atoms with Crippen molar-refractivity contribution < 1.29 is 19.0 Å². The van der Waals surface area contributed by atoms with Crippen LogP contribution < -0.4 is 9.64 Å². The van der Waals surface area contributed by atoms with Crippen molar-refractivity contribution in [1.29, 1.82) is 0 Å². The minimum Gasteiger partial charge on any atom is -0.487 e. The summed E-state index contributed by atoms with van der Waals surface area (Å²) in [6.45, 7) is 3.24. The predicted molar refractivity (Wildman–Crippen MR) is 84.8 cm³/mol. The van der Waals surface area contributed by atoms with Gasteiger partial charge in [0.05, 0.1) is 37.6 Å². The van der Waals surface area contributed by atoms with E-state index in [2.05, 4.69) is 4.90 Å². The highest BCUT2D eigenvalue weighted by molar-refractivity contribution is 5.99. The van der Waals surface area contributed by atoms with Gasteiger partial charge < -0.3 is 19.1 Å². The van der Waals surface area contributed by atoms with Crippen molar-refractivity contribution >= 4 is 11.6 Å². The Labute approximate surface area is 135 Å². The summed E-state index contributed by atoms with van der Waals surface area (Å²) in [5, 5.41) is 0. The summed E-state index contributed by atoms with van der Waals surface area (Å²) >= 11 is 0. The van der Waals surface area contributed by atoms with Crippen molar-refractivity contribution in [3.63, 3.8) is 0 Å². The predicted octanol–water partition coefficient (Wildman–Crippen LogP) is 0.900. The normalized spacial score (nSPS) is 27.9. The van der Waals surface area contributed by atoms with E-state index in [-0.39, 0.29) is 18.1 Å². The number of carbonyl (C=O) groups is 1. The molecule has 1 aromatic rings. The Morgan fingerprint density at radius 2 is 2.13 bits per heavy atom. The Hall–Kier alpha value is -1.63. The smallest absolute Gasteiger partial charge is 0.244 e. The monoisotopic (exact) mass is 318 g/mol. The molecular formula is C17H22N2O4. The molecule has 0 aromatic heterocycles. The van der Waals surface area contributed by atoms with E-state index in [1.165, 1.54) is 0 Å². The molecule has 1 aromatic carbocycles. The van der Waals surface area contributed by atoms with Crippen LogP contribution in [0.5, 0.6) is 5.75 Å². The Bertz CT molecular complexity index is 590. The van der Waals surface area contributed by atoms with E-state index in [0.29, 0.717) is 32.4 Å². The van der Waals surface area contributed by atoms with Gasteiger partial charge in [0.25, 0.3) is 0 Å². The number of amides is 1. The van der Waals surface area contributed by atoms with Gasteiger partial charge >= 0.3 is 0 Å². The fourth-order valence-electron chi connectivity index (χ4n) is 3.64. The number of hydrogen-bond acceptors (Lipinski definition) is 5. The number of methoxy groups -OCH3 is 1. The van der Waals surface area contributed by atoms with Crippen molar-refractivity contribution in [3.8, 4) is 5.75 Å². The number of para-hydroxylation sites is 2. The molecule has 1 amide bonds. The lowest BCUT2D eigenvalue weighted by molar-refractivity contribution is -0.128. The largest absolute Gasteiger partial charge is 0.487 e. The maximum absolute atomic E-state index is 13.2. The molecule has 0 aliphatic carbocycles. The summed E-state index contributed by atoms with van der Waals surface area (Å²) in [4.78, 5) is 17.3. The number of hydrogen-bond donors (Lipinski definition) is 0. The summed E-state index contributed by atoms with van der Waals surface area (Å²) in [5.41, 5.74) is 0.843. The lowest BCUT2D eigenvalue weighted by Crippen LogP contribution is -2.56. The lowest BCUT2D eigenvalue weighted by atomic mass is 10.1. The number of nitrogens with zero attached hydrogens (tertiary/aromatic N) is 2. The number of fused-ring (bicyclic) bond motifs is 3. The molecule has 2 atom stereocenters. The highest BCUT2D eigenvalue weighted by atomic mass is 16.5. The Morgan fingerprint density at radius 1 is 1.30 bits per heavy atom. The van der Waals surface area contributed by atoms with Crippen molar-refractivity contribution in [1.82, 2.24) is 4.90 Å². The van der Waals surface area contributed by atoms with Crippen LogP contribution in [0.25, 0.3) is 0 Å². The van der Waals surface area contributed by atoms with Crippen LogP contribution in [0.1, 0.15) is 6.42 Å². The van der Waals surface area contributed by atoms with Gasteiger partial charge in [-0.2, -0.15) is 0 Å². The minimum atomic E-state index is -0.126. The SMILES string of the molecule is COCCN1C(=O)[C@@H]2C[C@@H](CN2C2COC2)Oc2ccccc21. The first-order valence-electron chi connectivity index (χ1n) is 8.17. The maximum Gasteiger partial charge on any atom is 0.244 e. The van der Waals surface area contributed by atoms with Crippen molar-refractivity contribution in [2.24, 2.45) is 0 Å². The fourth-order valence-corrected chi connectivity index (χ4v) is 3.64. The molecule has 0 radical (unpaired) electrons. The minimum absolute atomic E-state index is 0.0651. The number of likely N-dealkylation sites (tertiary alicyclic amines) is 1. The first-order valence-corrected chi connectivity index (χ1v) is 8.17. The second kappa shape index (κ2) is 6.11. The number of benzene rings is 1. The van der Waals surface area contributed by atoms with Crippen LogP contribution in [0.2, 0.25) is 0 Å². The molecular weight excluding hydrogens is 296 g/mol. The van der Waals surface area contributed by atoms with Crippen LogP contribution in [0.4, 0.5) is 5.69 Å². The van der Waals surface area contributed by atoms with Crippen LogP contribution in [0, 0.1) is 0 Å². The number of ether oxygens (including phenoxy) is 3. The van der Waals surface area contributed by atoms with E-state index < -0.39 is 0 Å². The van der Waals surface area contributed by atoms with Gasteiger partial charge in [-0.1, -0.05) is 12.1 Å². The van der Waals surface area contributed by atoms with Gasteiger partial charge in [-0.05, 0) is 12.1 Å². The lowest BCUT2D eigenvalue weighted by Gasteiger charge is -2.38. The molecule has 23 heavy (non-hydrogen) atoms. The highest BCUT2D eigenvalue weighted by Crippen LogP contribution is 2.37. The zero-order valence-electron chi connectivity index (χ0n) is 13.3. The number of carbonyl (C=O) groups excluding carboxylic acids is 1. The molecule has 6 heteroatoms. The van der Waals surface area contributed by atoms with Crippen LogP contribution >= 0.6 is 0 Å². The Morgan fingerprint density at radius 3 is 2.87 bits per heavy atom. The fraction of sp³-hybridized carbons (Fsp3) is 0.588. The van der Waals surface area contributed by atoms with E-state index >= 15 is 0 Å². The van der Waals surface area contributed by atoms with Crippen molar-refractivity contribution in [2.75, 3.05) is 44.9 Å². The van der Waals surface area contributed by atoms with Crippen molar-refractivity contribution in [2.45, 2.75) is 24.6 Å². The van der Waals surface area contributed by atoms with E-state index in [0.717, 1.165) is 24.4 Å². The zero-order valence-corrected chi connectivity index (χ0v) is 13.3. The highest BCUT2D eigenvalue weighted by Gasteiger charge is 2.46. The van der Waals surface area contributed by atoms with Crippen molar-refractivity contribution in [3.05, 3.63) is 24.3 Å². The van der Waals surface area contributed by atoms with Gasteiger partial charge in [0.15, 0.2) is 0 Å². The molecule has 2 bridgehead atoms. The van der Waals surface area contributed by atoms with Gasteiger partial charge in [0.1, 0.15) is 11.9 Å². The maximum atomic E-state index is 13.2. The number of rotatable bonds is 4. The molecule has 2 saturated heterocycles. The van der Waals surface area contributed by atoms with Gasteiger partial charge in [-0.25, -0.2) is 0 Å². The molecule has 0 spiro atoms. The van der Waals surface area contributed by atoms with Gasteiger partial charge in [-0.15, -0.1) is 0 Å². The molecule has 3 aliphatic rings. The third-order valence-corrected chi connectivity index (χ3v) is 4.91. The first-order chi connectivity index (χ1) is 11.3. The average Bonchev–Trinajstić information content (AvgIpc) is 2.90. The molecule has 0 N–H and O–H groups in total. The van der Waals surface area contributed by atoms with Gasteiger partial charge in [0, 0.05) is 26.6 Å². The van der Waals surface area contributed by atoms with Crippen LogP contribution in [0.15, 0.2) is 24.3 Å². The standard InChI is InChI=1S/C17H22N2O4/c1-21-7-6-18-14-4-2-3-5-16(14)23-13-8-15(17(18)20)19(9-13)12-10-22-11-12/h2-5,12-13,15H,6-11H2,1H3/t13-,15-/m0/s1. The molecule has 2 fully saturated rings.